The van der Waals surface area contributed by atoms with Crippen LogP contribution in [0.4, 0.5) is 17.5 Å². The average molecular weight is 266 g/mol. The van der Waals surface area contributed by atoms with Crippen LogP contribution in [0.25, 0.3) is 0 Å². The van der Waals surface area contributed by atoms with Gasteiger partial charge in [-0.2, -0.15) is 4.98 Å². The Morgan fingerprint density at radius 2 is 2.26 bits per heavy atom. The third-order valence-corrected chi connectivity index (χ3v) is 3.07. The number of hydrogen-bond acceptors (Lipinski definition) is 7. The number of amides is 1. The molecule has 0 aromatic carbocycles. The Morgan fingerprint density at radius 3 is 2.89 bits per heavy atom. The van der Waals surface area contributed by atoms with Crippen molar-refractivity contribution in [3.63, 3.8) is 0 Å². The van der Waals surface area contributed by atoms with Crippen molar-refractivity contribution in [2.75, 3.05) is 23.7 Å². The maximum absolute atomic E-state index is 11.9. The molecule has 1 aromatic rings. The first kappa shape index (κ1) is 13.0. The average Bonchev–Trinajstić information content (AvgIpc) is 2.32. The summed E-state index contributed by atoms with van der Waals surface area (Å²) in [5.41, 5.74) is 4.28. The molecule has 1 amide bonds. The van der Waals surface area contributed by atoms with E-state index in [-0.39, 0.29) is 23.4 Å². The zero-order chi connectivity index (χ0) is 14.2. The number of anilines is 2. The summed E-state index contributed by atoms with van der Waals surface area (Å²) in [6, 6.07) is 0. The summed E-state index contributed by atoms with van der Waals surface area (Å²) < 4.78 is 0. The van der Waals surface area contributed by atoms with Gasteiger partial charge in [0.05, 0.1) is 4.92 Å². The second-order valence-corrected chi connectivity index (χ2v) is 4.66. The van der Waals surface area contributed by atoms with Crippen LogP contribution in [0.3, 0.4) is 0 Å². The van der Waals surface area contributed by atoms with Crippen molar-refractivity contribution < 1.29 is 9.72 Å². The van der Waals surface area contributed by atoms with Gasteiger partial charge in [-0.15, -0.1) is 0 Å². The lowest BCUT2D eigenvalue weighted by atomic mass is 9.99. The minimum Gasteiger partial charge on any atom is -0.368 e. The van der Waals surface area contributed by atoms with Gasteiger partial charge in [-0.05, 0) is 13.8 Å². The molecule has 9 nitrogen and oxygen atoms in total. The van der Waals surface area contributed by atoms with E-state index in [0.717, 1.165) is 6.20 Å². The molecule has 1 fully saturated rings. The zero-order valence-electron chi connectivity index (χ0n) is 10.6. The molecule has 0 radical (unpaired) electrons. The maximum Gasteiger partial charge on any atom is 0.329 e. The third kappa shape index (κ3) is 2.14. The normalized spacial score (nSPS) is 18.0. The molecule has 0 spiro atoms. The van der Waals surface area contributed by atoms with E-state index in [1.807, 2.05) is 0 Å². The Balaban J connectivity index is 2.54. The van der Waals surface area contributed by atoms with Gasteiger partial charge in [-0.3, -0.25) is 14.9 Å². The number of nitrogens with zero attached hydrogens (tertiary/aromatic N) is 4. The van der Waals surface area contributed by atoms with E-state index in [4.69, 9.17) is 5.73 Å². The van der Waals surface area contributed by atoms with Gasteiger partial charge in [-0.1, -0.05) is 0 Å². The molecule has 0 aliphatic carbocycles. The molecule has 0 unspecified atom stereocenters. The van der Waals surface area contributed by atoms with Crippen molar-refractivity contribution in [1.82, 2.24) is 15.3 Å². The number of carbonyl (C=O) groups excluding carboxylic acids is 1. The number of nitrogens with two attached hydrogens (primary N) is 1. The van der Waals surface area contributed by atoms with Crippen LogP contribution < -0.4 is 16.0 Å². The van der Waals surface area contributed by atoms with Gasteiger partial charge < -0.3 is 16.0 Å². The van der Waals surface area contributed by atoms with E-state index in [2.05, 4.69) is 15.3 Å². The minimum absolute atomic E-state index is 0.0670. The van der Waals surface area contributed by atoms with Crippen molar-refractivity contribution >= 4 is 23.4 Å². The second kappa shape index (κ2) is 4.34. The van der Waals surface area contributed by atoms with E-state index >= 15 is 0 Å². The summed E-state index contributed by atoms with van der Waals surface area (Å²) in [6.07, 6.45) is 1.06. The van der Waals surface area contributed by atoms with Gasteiger partial charge in [0.25, 0.3) is 0 Å². The zero-order valence-corrected chi connectivity index (χ0v) is 10.6. The smallest absolute Gasteiger partial charge is 0.329 e. The van der Waals surface area contributed by atoms with Crippen LogP contribution in [0.5, 0.6) is 0 Å². The van der Waals surface area contributed by atoms with Crippen LogP contribution in [0.2, 0.25) is 0 Å². The fraction of sp³-hybridized carbons (Fsp3) is 0.500. The van der Waals surface area contributed by atoms with Crippen molar-refractivity contribution in [1.29, 1.82) is 0 Å². The minimum atomic E-state index is -0.941. The number of nitro groups is 1. The lowest BCUT2D eigenvalue weighted by Crippen LogP contribution is -2.62. The maximum atomic E-state index is 11.9. The van der Waals surface area contributed by atoms with E-state index in [9.17, 15) is 14.9 Å². The molecule has 19 heavy (non-hydrogen) atoms. The molecule has 2 rings (SSSR count). The van der Waals surface area contributed by atoms with Crippen LogP contribution in [0, 0.1) is 10.1 Å². The van der Waals surface area contributed by atoms with Gasteiger partial charge >= 0.3 is 5.69 Å². The van der Waals surface area contributed by atoms with E-state index in [0.29, 0.717) is 13.1 Å². The van der Waals surface area contributed by atoms with Crippen LogP contribution in [0.1, 0.15) is 13.8 Å². The third-order valence-electron chi connectivity index (χ3n) is 3.07. The lowest BCUT2D eigenvalue weighted by molar-refractivity contribution is -0.384. The second-order valence-electron chi connectivity index (χ2n) is 4.66. The van der Waals surface area contributed by atoms with Gasteiger partial charge in [-0.25, -0.2) is 4.98 Å². The number of piperazine rings is 1. The molecule has 0 bridgehead atoms. The number of nitrogens with one attached hydrogen (secondary N) is 1. The van der Waals surface area contributed by atoms with Crippen molar-refractivity contribution in [2.24, 2.45) is 0 Å². The number of carbonyl (C=O) groups is 1. The number of aromatic nitrogens is 2. The molecule has 0 saturated carbocycles. The van der Waals surface area contributed by atoms with Crippen LogP contribution in [-0.4, -0.2) is 39.4 Å². The highest BCUT2D eigenvalue weighted by molar-refractivity contribution is 5.90. The molecule has 3 N–H and O–H groups in total. The van der Waals surface area contributed by atoms with Crippen LogP contribution in [-0.2, 0) is 4.79 Å². The molecule has 1 aromatic heterocycles. The predicted octanol–water partition coefficient (Wildman–Crippen LogP) is -0.318. The quantitative estimate of drug-likeness (QED) is 0.554. The summed E-state index contributed by atoms with van der Waals surface area (Å²) in [4.78, 5) is 31.4. The van der Waals surface area contributed by atoms with E-state index in [1.165, 1.54) is 0 Å². The lowest BCUT2D eigenvalue weighted by Gasteiger charge is -2.41. The molecule has 102 valence electrons. The van der Waals surface area contributed by atoms with Crippen LogP contribution >= 0.6 is 0 Å². The Kier molecular flexibility index (Phi) is 2.97. The first-order chi connectivity index (χ1) is 8.84. The molecular weight excluding hydrogens is 252 g/mol. The van der Waals surface area contributed by atoms with Crippen molar-refractivity contribution in [2.45, 2.75) is 19.4 Å². The number of nitrogen functional groups attached to an aromatic ring is 1. The summed E-state index contributed by atoms with van der Waals surface area (Å²) in [6.45, 7) is 4.15. The summed E-state index contributed by atoms with van der Waals surface area (Å²) in [5.74, 6) is -0.218. The summed E-state index contributed by atoms with van der Waals surface area (Å²) in [7, 11) is 0. The van der Waals surface area contributed by atoms with Crippen LogP contribution in [0.15, 0.2) is 6.20 Å². The largest absolute Gasteiger partial charge is 0.368 e. The summed E-state index contributed by atoms with van der Waals surface area (Å²) >= 11 is 0. The highest BCUT2D eigenvalue weighted by Crippen LogP contribution is 2.31. The standard InChI is InChI=1S/C10H14N6O3/c1-10(2)8(17)12-3-4-15(10)7-6(16(18)19)5-13-9(11)14-7/h5H,3-4H2,1-2H3,(H,12,17)(H2,11,13,14). The highest BCUT2D eigenvalue weighted by Gasteiger charge is 2.41. The Labute approximate surface area is 109 Å². The van der Waals surface area contributed by atoms with Gasteiger partial charge in [0.15, 0.2) is 0 Å². The molecule has 9 heteroatoms. The Hall–Kier alpha value is -2.45. The van der Waals surface area contributed by atoms with E-state index < -0.39 is 10.5 Å². The van der Waals surface area contributed by atoms with Crippen molar-refractivity contribution in [3.8, 4) is 0 Å². The topological polar surface area (TPSA) is 127 Å². The molecule has 1 aliphatic heterocycles. The van der Waals surface area contributed by atoms with E-state index in [1.54, 1.807) is 18.7 Å². The number of hydrogen-bond donors (Lipinski definition) is 2. The fourth-order valence-corrected chi connectivity index (χ4v) is 1.98. The Morgan fingerprint density at radius 1 is 1.58 bits per heavy atom. The molecule has 0 atom stereocenters. The molecule has 1 saturated heterocycles. The SMILES string of the molecule is CC1(C)C(=O)NCCN1c1nc(N)ncc1[N+](=O)[O-]. The van der Waals surface area contributed by atoms with Crippen molar-refractivity contribution in [3.05, 3.63) is 16.3 Å². The molecular formula is C10H14N6O3. The first-order valence-electron chi connectivity index (χ1n) is 5.67. The number of rotatable bonds is 2. The highest BCUT2D eigenvalue weighted by atomic mass is 16.6. The first-order valence-corrected chi connectivity index (χ1v) is 5.67. The predicted molar refractivity (Wildman–Crippen MR) is 67.5 cm³/mol. The summed E-state index contributed by atoms with van der Waals surface area (Å²) in [5, 5.41) is 13.7. The monoisotopic (exact) mass is 266 g/mol. The molecule has 1 aliphatic rings. The van der Waals surface area contributed by atoms with Gasteiger partial charge in [0.2, 0.25) is 17.7 Å². The van der Waals surface area contributed by atoms with Gasteiger partial charge in [0.1, 0.15) is 11.7 Å². The Bertz CT molecular complexity index is 544. The fourth-order valence-electron chi connectivity index (χ4n) is 1.98. The van der Waals surface area contributed by atoms with Gasteiger partial charge in [0, 0.05) is 13.1 Å². The molecule has 2 heterocycles.